The van der Waals surface area contributed by atoms with Gasteiger partial charge in [0.15, 0.2) is 5.13 Å². The Kier molecular flexibility index (Phi) is 7.23. The molecule has 0 saturated carbocycles. The Morgan fingerprint density at radius 3 is 2.72 bits per heavy atom. The standard InChI is InChI=1S/C13H25N3OS/c1-5-16(6-2)13-15-9-12(18-13)8-14-11(4)10-17-7-3/h9,11,14H,5-8,10H2,1-4H3. The predicted octanol–water partition coefficient (Wildman–Crippen LogP) is 2.50. The molecule has 1 rings (SSSR count). The summed E-state index contributed by atoms with van der Waals surface area (Å²) in [5.74, 6) is 0. The van der Waals surface area contributed by atoms with Gasteiger partial charge in [-0.1, -0.05) is 0 Å². The van der Waals surface area contributed by atoms with E-state index < -0.39 is 0 Å². The van der Waals surface area contributed by atoms with Crippen LogP contribution in [0.1, 0.15) is 32.6 Å². The van der Waals surface area contributed by atoms with Gasteiger partial charge in [-0.05, 0) is 27.7 Å². The summed E-state index contributed by atoms with van der Waals surface area (Å²) < 4.78 is 5.38. The van der Waals surface area contributed by atoms with E-state index in [1.165, 1.54) is 4.88 Å². The summed E-state index contributed by atoms with van der Waals surface area (Å²) in [6.45, 7) is 12.9. The van der Waals surface area contributed by atoms with Crippen molar-refractivity contribution in [3.8, 4) is 0 Å². The van der Waals surface area contributed by atoms with Gasteiger partial charge in [-0.2, -0.15) is 0 Å². The molecule has 0 aliphatic rings. The lowest BCUT2D eigenvalue weighted by Crippen LogP contribution is -2.29. The average molecular weight is 271 g/mol. The molecule has 1 atom stereocenters. The van der Waals surface area contributed by atoms with Crippen molar-refractivity contribution in [3.63, 3.8) is 0 Å². The van der Waals surface area contributed by atoms with Crippen LogP contribution in [0, 0.1) is 0 Å². The van der Waals surface area contributed by atoms with Crippen molar-refractivity contribution >= 4 is 16.5 Å². The maximum absolute atomic E-state index is 5.38. The van der Waals surface area contributed by atoms with Gasteiger partial charge in [-0.3, -0.25) is 0 Å². The lowest BCUT2D eigenvalue weighted by atomic mass is 10.3. The van der Waals surface area contributed by atoms with Crippen molar-refractivity contribution < 1.29 is 4.74 Å². The summed E-state index contributed by atoms with van der Waals surface area (Å²) in [5, 5.41) is 4.57. The minimum atomic E-state index is 0.379. The van der Waals surface area contributed by atoms with E-state index in [-0.39, 0.29) is 0 Å². The Hall–Kier alpha value is -0.650. The average Bonchev–Trinajstić information content (AvgIpc) is 2.84. The molecule has 5 heteroatoms. The third-order valence-corrected chi connectivity index (χ3v) is 3.83. The molecule has 0 radical (unpaired) electrons. The minimum Gasteiger partial charge on any atom is -0.380 e. The Morgan fingerprint density at radius 2 is 2.11 bits per heavy atom. The molecule has 0 saturated heterocycles. The molecule has 0 fully saturated rings. The van der Waals surface area contributed by atoms with Gasteiger partial charge >= 0.3 is 0 Å². The molecule has 0 aliphatic heterocycles. The first-order chi connectivity index (χ1) is 8.71. The highest BCUT2D eigenvalue weighted by atomic mass is 32.1. The van der Waals surface area contributed by atoms with Crippen molar-refractivity contribution in [3.05, 3.63) is 11.1 Å². The van der Waals surface area contributed by atoms with Gasteiger partial charge in [0.25, 0.3) is 0 Å². The van der Waals surface area contributed by atoms with Gasteiger partial charge in [-0.15, -0.1) is 11.3 Å². The van der Waals surface area contributed by atoms with Crippen LogP contribution < -0.4 is 10.2 Å². The maximum atomic E-state index is 5.38. The summed E-state index contributed by atoms with van der Waals surface area (Å²) in [7, 11) is 0. The molecule has 0 aromatic carbocycles. The minimum absolute atomic E-state index is 0.379. The fourth-order valence-corrected chi connectivity index (χ4v) is 2.64. The number of aromatic nitrogens is 1. The number of nitrogens with one attached hydrogen (secondary N) is 1. The molecule has 1 heterocycles. The van der Waals surface area contributed by atoms with Gasteiger partial charge < -0.3 is 15.0 Å². The summed E-state index contributed by atoms with van der Waals surface area (Å²) in [5.41, 5.74) is 0. The highest BCUT2D eigenvalue weighted by molar-refractivity contribution is 7.15. The zero-order valence-electron chi connectivity index (χ0n) is 11.9. The number of hydrogen-bond donors (Lipinski definition) is 1. The second kappa shape index (κ2) is 8.45. The van der Waals surface area contributed by atoms with Crippen LogP contribution in [0.4, 0.5) is 5.13 Å². The van der Waals surface area contributed by atoms with Gasteiger partial charge in [0.2, 0.25) is 0 Å². The van der Waals surface area contributed by atoms with Crippen LogP contribution in [0.25, 0.3) is 0 Å². The maximum Gasteiger partial charge on any atom is 0.185 e. The number of ether oxygens (including phenoxy) is 1. The largest absolute Gasteiger partial charge is 0.380 e. The molecule has 1 aromatic heterocycles. The Labute approximate surface area is 114 Å². The fourth-order valence-electron chi connectivity index (χ4n) is 1.65. The number of anilines is 1. The molecule has 1 N–H and O–H groups in total. The normalized spacial score (nSPS) is 12.7. The summed E-state index contributed by atoms with van der Waals surface area (Å²) in [6.07, 6.45) is 1.97. The van der Waals surface area contributed by atoms with E-state index in [0.717, 1.165) is 38.0 Å². The van der Waals surface area contributed by atoms with Crippen LogP contribution in [0.2, 0.25) is 0 Å². The molecule has 0 aliphatic carbocycles. The van der Waals surface area contributed by atoms with Gasteiger partial charge in [-0.25, -0.2) is 4.98 Å². The molecule has 0 bridgehead atoms. The SMILES string of the molecule is CCOCC(C)NCc1cnc(N(CC)CC)s1. The second-order valence-corrected chi connectivity index (χ2v) is 5.32. The number of hydrogen-bond acceptors (Lipinski definition) is 5. The van der Waals surface area contributed by atoms with Crippen LogP contribution >= 0.6 is 11.3 Å². The lowest BCUT2D eigenvalue weighted by Gasteiger charge is -2.16. The highest BCUT2D eigenvalue weighted by Crippen LogP contribution is 2.22. The van der Waals surface area contributed by atoms with Crippen molar-refractivity contribution in [1.29, 1.82) is 0 Å². The van der Waals surface area contributed by atoms with E-state index in [0.29, 0.717) is 6.04 Å². The van der Waals surface area contributed by atoms with Crippen molar-refractivity contribution in [2.75, 3.05) is 31.2 Å². The monoisotopic (exact) mass is 271 g/mol. The van der Waals surface area contributed by atoms with E-state index in [2.05, 4.69) is 36.0 Å². The van der Waals surface area contributed by atoms with Crippen LogP contribution in [0.3, 0.4) is 0 Å². The Balaban J connectivity index is 2.39. The van der Waals surface area contributed by atoms with Crippen LogP contribution in [-0.4, -0.2) is 37.3 Å². The van der Waals surface area contributed by atoms with Crippen molar-refractivity contribution in [2.45, 2.75) is 40.3 Å². The first kappa shape index (κ1) is 15.4. The van der Waals surface area contributed by atoms with E-state index in [9.17, 15) is 0 Å². The topological polar surface area (TPSA) is 37.4 Å². The van der Waals surface area contributed by atoms with E-state index >= 15 is 0 Å². The molecule has 0 spiro atoms. The van der Waals surface area contributed by atoms with E-state index in [4.69, 9.17) is 4.74 Å². The summed E-state index contributed by atoms with van der Waals surface area (Å²) >= 11 is 1.77. The first-order valence-electron chi connectivity index (χ1n) is 6.71. The number of nitrogens with zero attached hydrogens (tertiary/aromatic N) is 2. The lowest BCUT2D eigenvalue weighted by molar-refractivity contribution is 0.127. The Bertz CT molecular complexity index is 326. The fraction of sp³-hybridized carbons (Fsp3) is 0.769. The molecule has 4 nitrogen and oxygen atoms in total. The number of rotatable bonds is 9. The summed E-state index contributed by atoms with van der Waals surface area (Å²) in [4.78, 5) is 8.03. The van der Waals surface area contributed by atoms with Crippen molar-refractivity contribution in [2.24, 2.45) is 0 Å². The smallest absolute Gasteiger partial charge is 0.185 e. The number of thiazole rings is 1. The molecule has 0 amide bonds. The van der Waals surface area contributed by atoms with Crippen molar-refractivity contribution in [1.82, 2.24) is 10.3 Å². The molecule has 104 valence electrons. The zero-order chi connectivity index (χ0) is 13.4. The molecule has 18 heavy (non-hydrogen) atoms. The first-order valence-corrected chi connectivity index (χ1v) is 7.53. The third kappa shape index (κ3) is 4.92. The van der Waals surface area contributed by atoms with E-state index in [1.54, 1.807) is 11.3 Å². The molecule has 1 unspecified atom stereocenters. The molecular formula is C13H25N3OS. The Morgan fingerprint density at radius 1 is 1.39 bits per heavy atom. The molecule has 1 aromatic rings. The quantitative estimate of drug-likeness (QED) is 0.749. The third-order valence-electron chi connectivity index (χ3n) is 2.77. The predicted molar refractivity (Wildman–Crippen MR) is 78.5 cm³/mol. The zero-order valence-corrected chi connectivity index (χ0v) is 12.7. The van der Waals surface area contributed by atoms with Crippen LogP contribution in [0.5, 0.6) is 0 Å². The van der Waals surface area contributed by atoms with Crippen LogP contribution in [0.15, 0.2) is 6.20 Å². The second-order valence-electron chi connectivity index (χ2n) is 4.22. The molecular weight excluding hydrogens is 246 g/mol. The van der Waals surface area contributed by atoms with Crippen LogP contribution in [-0.2, 0) is 11.3 Å². The highest BCUT2D eigenvalue weighted by Gasteiger charge is 2.08. The summed E-state index contributed by atoms with van der Waals surface area (Å²) in [6, 6.07) is 0.379. The van der Waals surface area contributed by atoms with Gasteiger partial charge in [0, 0.05) is 43.4 Å². The van der Waals surface area contributed by atoms with E-state index in [1.807, 2.05) is 13.1 Å². The van der Waals surface area contributed by atoms with Gasteiger partial charge in [0.1, 0.15) is 0 Å². The van der Waals surface area contributed by atoms with Gasteiger partial charge in [0.05, 0.1) is 6.61 Å².